The number of nitrogens with zero attached hydrogens (tertiary/aromatic N) is 1. The number of imidazole rings is 1. The van der Waals surface area contributed by atoms with Crippen LogP contribution in [-0.4, -0.2) is 29.7 Å². The second-order valence-electron chi connectivity index (χ2n) is 4.65. The molecule has 0 aliphatic rings. The quantitative estimate of drug-likeness (QED) is 0.718. The minimum absolute atomic E-state index is 0.688. The van der Waals surface area contributed by atoms with E-state index < -0.39 is 0 Å². The molecule has 0 aliphatic carbocycles. The maximum absolute atomic E-state index is 5.49. The number of aromatic nitrogens is 2. The predicted molar refractivity (Wildman–Crippen MR) is 78.7 cm³/mol. The number of ether oxygens (including phenoxy) is 1. The van der Waals surface area contributed by atoms with Crippen molar-refractivity contribution in [1.82, 2.24) is 15.3 Å². The molecule has 2 aromatic rings. The van der Waals surface area contributed by atoms with E-state index in [1.54, 1.807) is 0 Å². The van der Waals surface area contributed by atoms with Crippen LogP contribution < -0.4 is 10.1 Å². The van der Waals surface area contributed by atoms with Gasteiger partial charge in [-0.3, -0.25) is 0 Å². The van der Waals surface area contributed by atoms with E-state index in [9.17, 15) is 0 Å². The highest BCUT2D eigenvalue weighted by molar-refractivity contribution is 5.76. The summed E-state index contributed by atoms with van der Waals surface area (Å²) >= 11 is 0. The van der Waals surface area contributed by atoms with Crippen LogP contribution in [0.15, 0.2) is 18.2 Å². The summed E-state index contributed by atoms with van der Waals surface area (Å²) < 4.78 is 5.49. The number of aromatic amines is 1. The van der Waals surface area contributed by atoms with Gasteiger partial charge in [-0.1, -0.05) is 13.3 Å². The average Bonchev–Trinajstić information content (AvgIpc) is 2.81. The number of fused-ring (bicyclic) bond motifs is 1. The van der Waals surface area contributed by atoms with Gasteiger partial charge in [-0.2, -0.15) is 0 Å². The molecule has 0 bridgehead atoms. The summed E-state index contributed by atoms with van der Waals surface area (Å²) in [5.41, 5.74) is 2.06. The van der Waals surface area contributed by atoms with Crippen LogP contribution in [0.4, 0.5) is 0 Å². The minimum atomic E-state index is 0.688. The third-order valence-corrected chi connectivity index (χ3v) is 3.06. The van der Waals surface area contributed by atoms with E-state index in [1.807, 2.05) is 25.1 Å². The van der Waals surface area contributed by atoms with Crippen LogP contribution >= 0.6 is 0 Å². The van der Waals surface area contributed by atoms with Gasteiger partial charge < -0.3 is 15.0 Å². The van der Waals surface area contributed by atoms with E-state index in [1.165, 1.54) is 12.8 Å². The molecule has 1 aromatic carbocycles. The number of benzene rings is 1. The van der Waals surface area contributed by atoms with Crippen LogP contribution in [0.25, 0.3) is 11.0 Å². The number of unbranched alkanes of at least 4 members (excludes halogenated alkanes) is 1. The summed E-state index contributed by atoms with van der Waals surface area (Å²) in [7, 11) is 0. The third kappa shape index (κ3) is 3.96. The van der Waals surface area contributed by atoms with E-state index in [0.29, 0.717) is 6.61 Å². The Labute approximate surface area is 114 Å². The van der Waals surface area contributed by atoms with Gasteiger partial charge in [0.25, 0.3) is 0 Å². The average molecular weight is 261 g/mol. The second-order valence-corrected chi connectivity index (χ2v) is 4.65. The zero-order valence-corrected chi connectivity index (χ0v) is 11.8. The molecule has 1 aromatic heterocycles. The zero-order valence-electron chi connectivity index (χ0n) is 11.8. The topological polar surface area (TPSA) is 49.9 Å². The summed E-state index contributed by atoms with van der Waals surface area (Å²) in [5.74, 6) is 1.93. The predicted octanol–water partition coefficient (Wildman–Crippen LogP) is 2.89. The van der Waals surface area contributed by atoms with Gasteiger partial charge in [-0.05, 0) is 32.0 Å². The highest BCUT2D eigenvalue weighted by Gasteiger charge is 2.03. The molecule has 0 atom stereocenters. The highest BCUT2D eigenvalue weighted by Crippen LogP contribution is 2.19. The zero-order chi connectivity index (χ0) is 13.5. The largest absolute Gasteiger partial charge is 0.494 e. The second kappa shape index (κ2) is 7.14. The Morgan fingerprint density at radius 2 is 2.16 bits per heavy atom. The fourth-order valence-corrected chi connectivity index (χ4v) is 2.05. The lowest BCUT2D eigenvalue weighted by atomic mass is 10.3. The van der Waals surface area contributed by atoms with E-state index in [0.717, 1.165) is 42.1 Å². The number of hydrogen-bond acceptors (Lipinski definition) is 3. The molecular weight excluding hydrogens is 238 g/mol. The minimum Gasteiger partial charge on any atom is -0.494 e. The Bertz CT molecular complexity index is 507. The molecule has 0 aliphatic heterocycles. The summed E-state index contributed by atoms with van der Waals surface area (Å²) in [6.45, 7) is 6.94. The van der Waals surface area contributed by atoms with Crippen molar-refractivity contribution in [3.8, 4) is 5.75 Å². The first kappa shape index (κ1) is 13.9. The third-order valence-electron chi connectivity index (χ3n) is 3.06. The van der Waals surface area contributed by atoms with Crippen molar-refractivity contribution >= 4 is 11.0 Å². The van der Waals surface area contributed by atoms with E-state index >= 15 is 0 Å². The van der Waals surface area contributed by atoms with Gasteiger partial charge in [-0.15, -0.1) is 0 Å². The van der Waals surface area contributed by atoms with Crippen molar-refractivity contribution in [2.45, 2.75) is 33.1 Å². The van der Waals surface area contributed by atoms with Gasteiger partial charge in [-0.25, -0.2) is 4.98 Å². The van der Waals surface area contributed by atoms with Gasteiger partial charge in [0.15, 0.2) is 0 Å². The van der Waals surface area contributed by atoms with Gasteiger partial charge in [0.05, 0.1) is 17.6 Å². The molecule has 0 saturated carbocycles. The van der Waals surface area contributed by atoms with Gasteiger partial charge in [0.1, 0.15) is 11.6 Å². The lowest BCUT2D eigenvalue weighted by molar-refractivity contribution is 0.340. The monoisotopic (exact) mass is 261 g/mol. The Hall–Kier alpha value is -1.55. The molecule has 0 saturated heterocycles. The molecule has 0 amide bonds. The van der Waals surface area contributed by atoms with E-state index in [2.05, 4.69) is 22.2 Å². The molecule has 0 spiro atoms. The summed E-state index contributed by atoms with van der Waals surface area (Å²) in [6, 6.07) is 5.99. The van der Waals surface area contributed by atoms with Crippen molar-refractivity contribution in [3.63, 3.8) is 0 Å². The maximum Gasteiger partial charge on any atom is 0.121 e. The molecule has 104 valence electrons. The molecular formula is C15H23N3O. The molecule has 19 heavy (non-hydrogen) atoms. The fourth-order valence-electron chi connectivity index (χ4n) is 2.05. The first-order valence-corrected chi connectivity index (χ1v) is 7.15. The molecule has 4 nitrogen and oxygen atoms in total. The molecule has 0 radical (unpaired) electrons. The van der Waals surface area contributed by atoms with Crippen LogP contribution in [0.2, 0.25) is 0 Å². The first-order valence-electron chi connectivity index (χ1n) is 7.15. The van der Waals surface area contributed by atoms with Crippen molar-refractivity contribution in [3.05, 3.63) is 24.0 Å². The summed E-state index contributed by atoms with van der Waals surface area (Å²) in [4.78, 5) is 7.93. The lowest BCUT2D eigenvalue weighted by Crippen LogP contribution is -2.18. The maximum atomic E-state index is 5.49. The Morgan fingerprint density at radius 1 is 1.26 bits per heavy atom. The van der Waals surface area contributed by atoms with Crippen molar-refractivity contribution < 1.29 is 4.74 Å². The van der Waals surface area contributed by atoms with E-state index in [4.69, 9.17) is 4.74 Å². The normalized spacial score (nSPS) is 11.1. The smallest absolute Gasteiger partial charge is 0.121 e. The van der Waals surface area contributed by atoms with E-state index in [-0.39, 0.29) is 0 Å². The number of hydrogen-bond donors (Lipinski definition) is 2. The fraction of sp³-hybridized carbons (Fsp3) is 0.533. The molecule has 4 heteroatoms. The molecule has 0 unspecified atom stereocenters. The molecule has 2 N–H and O–H groups in total. The Balaban J connectivity index is 1.93. The van der Waals surface area contributed by atoms with Gasteiger partial charge >= 0.3 is 0 Å². The number of H-pyrrole nitrogens is 1. The standard InChI is InChI=1S/C15H23N3O/c1-3-5-9-16-10-8-15-17-13-7-6-12(19-4-2)11-14(13)18-15/h6-7,11,16H,3-5,8-10H2,1-2H3,(H,17,18). The number of rotatable bonds is 8. The van der Waals surface area contributed by atoms with Crippen LogP contribution in [0, 0.1) is 0 Å². The summed E-state index contributed by atoms with van der Waals surface area (Å²) in [6.07, 6.45) is 3.40. The van der Waals surface area contributed by atoms with Crippen LogP contribution in [0.3, 0.4) is 0 Å². The van der Waals surface area contributed by atoms with Crippen LogP contribution in [0.1, 0.15) is 32.5 Å². The molecule has 0 fully saturated rings. The van der Waals surface area contributed by atoms with Crippen molar-refractivity contribution in [2.24, 2.45) is 0 Å². The van der Waals surface area contributed by atoms with Gasteiger partial charge in [0.2, 0.25) is 0 Å². The highest BCUT2D eigenvalue weighted by atomic mass is 16.5. The Morgan fingerprint density at radius 3 is 2.95 bits per heavy atom. The number of nitrogens with one attached hydrogen (secondary N) is 2. The van der Waals surface area contributed by atoms with Gasteiger partial charge in [0, 0.05) is 19.0 Å². The first-order chi connectivity index (χ1) is 9.33. The molecule has 2 rings (SSSR count). The van der Waals surface area contributed by atoms with Crippen LogP contribution in [0.5, 0.6) is 5.75 Å². The summed E-state index contributed by atoms with van der Waals surface area (Å²) in [5, 5.41) is 3.43. The van der Waals surface area contributed by atoms with Crippen molar-refractivity contribution in [1.29, 1.82) is 0 Å². The molecule has 1 heterocycles. The lowest BCUT2D eigenvalue weighted by Gasteiger charge is -2.01. The Kier molecular flexibility index (Phi) is 5.21. The SMILES string of the molecule is CCCCNCCc1nc2ccc(OCC)cc2[nH]1. The van der Waals surface area contributed by atoms with Crippen molar-refractivity contribution in [2.75, 3.05) is 19.7 Å². The van der Waals surface area contributed by atoms with Crippen LogP contribution in [-0.2, 0) is 6.42 Å².